The van der Waals surface area contributed by atoms with Crippen molar-refractivity contribution in [2.24, 2.45) is 5.41 Å². The van der Waals surface area contributed by atoms with Crippen molar-refractivity contribution in [1.29, 1.82) is 0 Å². The molecule has 8 heteroatoms. The second kappa shape index (κ2) is 6.04. The first-order valence-electron chi connectivity index (χ1n) is 7.70. The number of amides is 1. The summed E-state index contributed by atoms with van der Waals surface area (Å²) < 4.78 is 0. The molecule has 0 atom stereocenters. The number of non-ortho nitro benzene ring substituents is 1. The molecule has 0 radical (unpaired) electrons. The minimum absolute atomic E-state index is 0.000467. The highest BCUT2D eigenvalue weighted by atomic mass is 16.6. The first-order chi connectivity index (χ1) is 11.7. The molecule has 0 fully saturated rings. The Bertz CT molecular complexity index is 875. The molecule has 3 rings (SSSR count). The van der Waals surface area contributed by atoms with Gasteiger partial charge in [-0.3, -0.25) is 25.0 Å². The lowest BCUT2D eigenvalue weighted by Crippen LogP contribution is -2.28. The van der Waals surface area contributed by atoms with Crippen LogP contribution in [0.3, 0.4) is 0 Å². The highest BCUT2D eigenvalue weighted by molar-refractivity contribution is 6.03. The van der Waals surface area contributed by atoms with E-state index in [0.29, 0.717) is 24.1 Å². The Morgan fingerprint density at radius 1 is 1.24 bits per heavy atom. The fourth-order valence-corrected chi connectivity index (χ4v) is 2.80. The van der Waals surface area contributed by atoms with Gasteiger partial charge in [0, 0.05) is 30.3 Å². The molecular formula is C17H16N4O4. The summed E-state index contributed by atoms with van der Waals surface area (Å²) in [4.78, 5) is 42.8. The van der Waals surface area contributed by atoms with Crippen molar-refractivity contribution in [3.05, 3.63) is 57.4 Å². The molecule has 1 heterocycles. The number of carbonyl (C=O) groups excluding carboxylic acids is 2. The number of hydrogen-bond donors (Lipinski definition) is 1. The Labute approximate surface area is 143 Å². The van der Waals surface area contributed by atoms with Gasteiger partial charge in [0.05, 0.1) is 16.2 Å². The van der Waals surface area contributed by atoms with Gasteiger partial charge in [-0.25, -0.2) is 9.97 Å². The highest BCUT2D eigenvalue weighted by Gasteiger charge is 2.32. The summed E-state index contributed by atoms with van der Waals surface area (Å²) in [5.41, 5.74) is 1.09. The number of benzene rings is 1. The van der Waals surface area contributed by atoms with Gasteiger partial charge in [-0.2, -0.15) is 0 Å². The average Bonchev–Trinajstić information content (AvgIpc) is 2.53. The molecule has 0 aliphatic heterocycles. The van der Waals surface area contributed by atoms with E-state index in [1.807, 2.05) is 13.8 Å². The van der Waals surface area contributed by atoms with E-state index in [2.05, 4.69) is 15.3 Å². The Kier molecular flexibility index (Phi) is 4.03. The van der Waals surface area contributed by atoms with Crippen molar-refractivity contribution in [3.8, 4) is 0 Å². The number of aromatic nitrogens is 2. The van der Waals surface area contributed by atoms with E-state index in [-0.39, 0.29) is 28.4 Å². The van der Waals surface area contributed by atoms with Crippen LogP contribution >= 0.6 is 0 Å². The van der Waals surface area contributed by atoms with Gasteiger partial charge in [-0.1, -0.05) is 13.8 Å². The Hall–Kier alpha value is -3.16. The number of nitro benzene ring substituents is 1. The van der Waals surface area contributed by atoms with Gasteiger partial charge < -0.3 is 0 Å². The first kappa shape index (κ1) is 16.7. The second-order valence-electron chi connectivity index (χ2n) is 6.75. The molecule has 0 bridgehead atoms. The predicted octanol–water partition coefficient (Wildman–Crippen LogP) is 2.79. The van der Waals surface area contributed by atoms with Crippen LogP contribution in [0.1, 0.15) is 46.7 Å². The Morgan fingerprint density at radius 3 is 2.56 bits per heavy atom. The second-order valence-corrected chi connectivity index (χ2v) is 6.75. The number of fused-ring (bicyclic) bond motifs is 1. The van der Waals surface area contributed by atoms with Crippen LogP contribution in [-0.4, -0.2) is 26.6 Å². The van der Waals surface area contributed by atoms with Crippen molar-refractivity contribution in [2.75, 3.05) is 5.32 Å². The first-order valence-corrected chi connectivity index (χ1v) is 7.70. The maximum atomic E-state index is 12.2. The fourth-order valence-electron chi connectivity index (χ4n) is 2.80. The Morgan fingerprint density at radius 2 is 1.92 bits per heavy atom. The number of Topliss-reactive ketones (excluding diaryl/α,β-unsaturated/α-hetero) is 1. The summed E-state index contributed by atoms with van der Waals surface area (Å²) in [7, 11) is 0. The van der Waals surface area contributed by atoms with E-state index in [9.17, 15) is 19.7 Å². The van der Waals surface area contributed by atoms with Crippen LogP contribution in [0.25, 0.3) is 0 Å². The maximum Gasteiger partial charge on any atom is 0.269 e. The van der Waals surface area contributed by atoms with E-state index >= 15 is 0 Å². The SMILES string of the molecule is CC1(C)CC(=O)c2cnc(NC(=O)c3ccc([N+](=O)[O-])cc3)nc2C1. The molecule has 128 valence electrons. The summed E-state index contributed by atoms with van der Waals surface area (Å²) >= 11 is 0. The largest absolute Gasteiger partial charge is 0.294 e. The van der Waals surface area contributed by atoms with Gasteiger partial charge in [0.15, 0.2) is 5.78 Å². The molecule has 1 aliphatic carbocycles. The van der Waals surface area contributed by atoms with Gasteiger partial charge in [-0.15, -0.1) is 0 Å². The summed E-state index contributed by atoms with van der Waals surface area (Å²) in [6.45, 7) is 3.98. The molecule has 1 aromatic heterocycles. The van der Waals surface area contributed by atoms with Gasteiger partial charge in [0.2, 0.25) is 5.95 Å². The molecule has 0 saturated carbocycles. The van der Waals surface area contributed by atoms with Crippen LogP contribution in [0.4, 0.5) is 11.6 Å². The van der Waals surface area contributed by atoms with Crippen LogP contribution in [0.15, 0.2) is 30.5 Å². The predicted molar refractivity (Wildman–Crippen MR) is 89.5 cm³/mol. The maximum absolute atomic E-state index is 12.2. The number of rotatable bonds is 3. The molecule has 0 unspecified atom stereocenters. The molecule has 1 aromatic carbocycles. The molecule has 8 nitrogen and oxygen atoms in total. The third kappa shape index (κ3) is 3.52. The highest BCUT2D eigenvalue weighted by Crippen LogP contribution is 2.33. The lowest BCUT2D eigenvalue weighted by atomic mass is 9.76. The number of hydrogen-bond acceptors (Lipinski definition) is 6. The summed E-state index contributed by atoms with van der Waals surface area (Å²) in [5.74, 6) is -0.372. The van der Waals surface area contributed by atoms with E-state index in [1.54, 1.807) is 0 Å². The molecule has 1 amide bonds. The fraction of sp³-hybridized carbons (Fsp3) is 0.294. The average molecular weight is 340 g/mol. The van der Waals surface area contributed by atoms with Gasteiger partial charge in [0.25, 0.3) is 11.6 Å². The van der Waals surface area contributed by atoms with E-state index in [0.717, 1.165) is 0 Å². The van der Waals surface area contributed by atoms with Crippen molar-refractivity contribution in [1.82, 2.24) is 9.97 Å². The van der Waals surface area contributed by atoms with E-state index in [4.69, 9.17) is 0 Å². The Balaban J connectivity index is 1.80. The minimum Gasteiger partial charge on any atom is -0.294 e. The molecule has 0 spiro atoms. The number of carbonyl (C=O) groups is 2. The van der Waals surface area contributed by atoms with E-state index in [1.165, 1.54) is 30.5 Å². The number of nitrogens with one attached hydrogen (secondary N) is 1. The van der Waals surface area contributed by atoms with Gasteiger partial charge >= 0.3 is 0 Å². The number of anilines is 1. The monoisotopic (exact) mass is 340 g/mol. The number of nitro groups is 1. The summed E-state index contributed by atoms with van der Waals surface area (Å²) in [6, 6.07) is 5.23. The zero-order valence-electron chi connectivity index (χ0n) is 13.8. The summed E-state index contributed by atoms with van der Waals surface area (Å²) in [6.07, 6.45) is 2.50. The van der Waals surface area contributed by atoms with Crippen LogP contribution in [0.5, 0.6) is 0 Å². The zero-order valence-corrected chi connectivity index (χ0v) is 13.8. The van der Waals surface area contributed by atoms with Crippen molar-refractivity contribution >= 4 is 23.3 Å². The standard InChI is InChI=1S/C17H16N4O4/c1-17(2)7-13-12(14(22)8-17)9-18-16(19-13)20-15(23)10-3-5-11(6-4-10)21(24)25/h3-6,9H,7-8H2,1-2H3,(H,18,19,20,23). The van der Waals surface area contributed by atoms with Crippen molar-refractivity contribution < 1.29 is 14.5 Å². The molecule has 25 heavy (non-hydrogen) atoms. The third-order valence-corrected chi connectivity index (χ3v) is 4.02. The number of nitrogens with zero attached hydrogens (tertiary/aromatic N) is 3. The quantitative estimate of drug-likeness (QED) is 0.678. The molecule has 1 aliphatic rings. The normalized spacial score (nSPS) is 15.4. The van der Waals surface area contributed by atoms with Crippen LogP contribution in [-0.2, 0) is 6.42 Å². The van der Waals surface area contributed by atoms with Crippen LogP contribution in [0.2, 0.25) is 0 Å². The lowest BCUT2D eigenvalue weighted by Gasteiger charge is -2.29. The van der Waals surface area contributed by atoms with Crippen molar-refractivity contribution in [3.63, 3.8) is 0 Å². The van der Waals surface area contributed by atoms with Crippen LogP contribution in [0, 0.1) is 15.5 Å². The molecule has 1 N–H and O–H groups in total. The molecule has 0 saturated heterocycles. The lowest BCUT2D eigenvalue weighted by molar-refractivity contribution is -0.384. The number of ketones is 1. The smallest absolute Gasteiger partial charge is 0.269 e. The third-order valence-electron chi connectivity index (χ3n) is 4.02. The minimum atomic E-state index is -0.535. The molecule has 2 aromatic rings. The van der Waals surface area contributed by atoms with E-state index < -0.39 is 10.8 Å². The topological polar surface area (TPSA) is 115 Å². The van der Waals surface area contributed by atoms with Gasteiger partial charge in [0.1, 0.15) is 0 Å². The molecular weight excluding hydrogens is 324 g/mol. The van der Waals surface area contributed by atoms with Crippen molar-refractivity contribution in [2.45, 2.75) is 26.7 Å². The zero-order chi connectivity index (χ0) is 18.2. The summed E-state index contributed by atoms with van der Waals surface area (Å²) in [5, 5.41) is 13.2. The van der Waals surface area contributed by atoms with Gasteiger partial charge in [-0.05, 0) is 24.0 Å². The van der Waals surface area contributed by atoms with Crippen LogP contribution < -0.4 is 5.32 Å².